The Balaban J connectivity index is 1.26. The van der Waals surface area contributed by atoms with Crippen LogP contribution in [0.3, 0.4) is 0 Å². The van der Waals surface area contributed by atoms with Crippen LogP contribution in [0.4, 0.5) is 0 Å². The number of fused-ring (bicyclic) bond motifs is 11. The van der Waals surface area contributed by atoms with Crippen LogP contribution in [0.25, 0.3) is 110 Å². The highest BCUT2D eigenvalue weighted by Crippen LogP contribution is 2.58. The lowest BCUT2D eigenvalue weighted by molar-refractivity contribution is 0.658. The fourth-order valence-corrected chi connectivity index (χ4v) is 10.2. The maximum atomic E-state index is 7.18. The van der Waals surface area contributed by atoms with Crippen molar-refractivity contribution in [3.8, 4) is 44.5 Å². The zero-order valence-electron chi connectivity index (χ0n) is 31.2. The smallest absolute Gasteiger partial charge is 0.143 e. The van der Waals surface area contributed by atoms with E-state index in [1.807, 2.05) is 0 Å². The number of furan rings is 1. The van der Waals surface area contributed by atoms with Crippen molar-refractivity contribution in [2.24, 2.45) is 0 Å². The highest BCUT2D eigenvalue weighted by atomic mass is 16.3. The van der Waals surface area contributed by atoms with Crippen LogP contribution >= 0.6 is 0 Å². The van der Waals surface area contributed by atoms with Gasteiger partial charge in [0.05, 0.1) is 0 Å². The summed E-state index contributed by atoms with van der Waals surface area (Å²) in [4.78, 5) is 0. The molecule has 0 atom stereocenters. The Labute approximate surface area is 325 Å². The van der Waals surface area contributed by atoms with E-state index in [0.29, 0.717) is 0 Å². The van der Waals surface area contributed by atoms with Gasteiger partial charge in [0, 0.05) is 27.3 Å². The van der Waals surface area contributed by atoms with Gasteiger partial charge in [-0.25, -0.2) is 0 Å². The second-order valence-electron chi connectivity index (χ2n) is 15.9. The fraction of sp³-hybridized carbons (Fsp3) is 0.0545. The van der Waals surface area contributed by atoms with Gasteiger partial charge in [0.1, 0.15) is 11.2 Å². The van der Waals surface area contributed by atoms with Gasteiger partial charge in [0.2, 0.25) is 0 Å². The summed E-state index contributed by atoms with van der Waals surface area (Å²) in [5.41, 5.74) is 14.3. The number of hydrogen-bond acceptors (Lipinski definition) is 1. The molecule has 1 heterocycles. The maximum Gasteiger partial charge on any atom is 0.143 e. The highest BCUT2D eigenvalue weighted by Gasteiger charge is 2.39. The second kappa shape index (κ2) is 11.5. The summed E-state index contributed by atoms with van der Waals surface area (Å²) in [6.07, 6.45) is 0. The average molecular weight is 713 g/mol. The van der Waals surface area contributed by atoms with E-state index in [9.17, 15) is 0 Å². The third-order valence-corrected chi connectivity index (χ3v) is 12.7. The van der Waals surface area contributed by atoms with E-state index in [4.69, 9.17) is 4.42 Å². The molecule has 1 aromatic heterocycles. The van der Waals surface area contributed by atoms with Crippen molar-refractivity contribution in [3.05, 3.63) is 193 Å². The molecule has 0 unspecified atom stereocenters. The van der Waals surface area contributed by atoms with Crippen molar-refractivity contribution >= 4 is 65.0 Å². The number of rotatable bonds is 3. The SMILES string of the molecule is CC1(C)c2ccccc2-c2c1cc1c(oc3ccc4ccccc4c31)c2-c1c2ccccc2c(-c2ccc(-c3ccccc3)c3ccccc23)c2ccccc12. The topological polar surface area (TPSA) is 13.1 Å². The van der Waals surface area contributed by atoms with E-state index >= 15 is 0 Å². The third-order valence-electron chi connectivity index (χ3n) is 12.7. The molecule has 1 nitrogen and oxygen atoms in total. The molecule has 0 spiro atoms. The van der Waals surface area contributed by atoms with Crippen LogP contribution in [-0.2, 0) is 5.41 Å². The van der Waals surface area contributed by atoms with Crippen LogP contribution < -0.4 is 0 Å². The second-order valence-corrected chi connectivity index (χ2v) is 15.9. The van der Waals surface area contributed by atoms with E-state index in [1.54, 1.807) is 0 Å². The molecule has 0 fully saturated rings. The molecular formula is C55H36O. The molecule has 0 aliphatic heterocycles. The van der Waals surface area contributed by atoms with Crippen molar-refractivity contribution in [2.45, 2.75) is 19.3 Å². The van der Waals surface area contributed by atoms with Crippen molar-refractivity contribution in [2.75, 3.05) is 0 Å². The summed E-state index contributed by atoms with van der Waals surface area (Å²) in [5.74, 6) is 0. The van der Waals surface area contributed by atoms with Crippen LogP contribution in [0, 0.1) is 0 Å². The first kappa shape index (κ1) is 31.4. The number of hydrogen-bond donors (Lipinski definition) is 0. The molecule has 56 heavy (non-hydrogen) atoms. The Kier molecular flexibility index (Phi) is 6.46. The highest BCUT2D eigenvalue weighted by molar-refractivity contribution is 6.29. The summed E-state index contributed by atoms with van der Waals surface area (Å²) >= 11 is 0. The van der Waals surface area contributed by atoms with Gasteiger partial charge in [-0.2, -0.15) is 0 Å². The summed E-state index contributed by atoms with van der Waals surface area (Å²) in [6.45, 7) is 4.77. The first-order valence-electron chi connectivity index (χ1n) is 19.6. The molecule has 0 saturated heterocycles. The molecular weight excluding hydrogens is 677 g/mol. The van der Waals surface area contributed by atoms with Crippen LogP contribution in [0.1, 0.15) is 25.0 Å². The Morgan fingerprint density at radius 3 is 1.62 bits per heavy atom. The zero-order valence-corrected chi connectivity index (χ0v) is 31.2. The van der Waals surface area contributed by atoms with Crippen molar-refractivity contribution < 1.29 is 4.42 Å². The van der Waals surface area contributed by atoms with Gasteiger partial charge < -0.3 is 4.42 Å². The summed E-state index contributed by atoms with van der Waals surface area (Å²) in [7, 11) is 0. The molecule has 1 aliphatic carbocycles. The van der Waals surface area contributed by atoms with Crippen LogP contribution in [0.5, 0.6) is 0 Å². The summed E-state index contributed by atoms with van der Waals surface area (Å²) in [6, 6.07) is 66.9. The van der Waals surface area contributed by atoms with E-state index in [-0.39, 0.29) is 5.41 Å². The van der Waals surface area contributed by atoms with Crippen LogP contribution in [-0.4, -0.2) is 0 Å². The van der Waals surface area contributed by atoms with Gasteiger partial charge in [-0.3, -0.25) is 0 Å². The quantitative estimate of drug-likeness (QED) is 0.166. The van der Waals surface area contributed by atoms with Gasteiger partial charge in [-0.15, -0.1) is 0 Å². The van der Waals surface area contributed by atoms with Gasteiger partial charge in [0.25, 0.3) is 0 Å². The summed E-state index contributed by atoms with van der Waals surface area (Å²) in [5, 5.41) is 12.2. The standard InChI is InChI=1S/C55H36O/c1-55(2)46-27-15-14-26-44(46)52-47(55)32-45-50-36-19-7-6-18-34(36)28-31-48(50)56-54(45)53(52)51-41-24-12-10-22-39(41)49(40-23-11-13-25-42(40)51)43-30-29-35(33-16-4-3-5-17-33)37-20-8-9-21-38(37)43/h3-32H,1-2H3. The molecule has 10 aromatic carbocycles. The summed E-state index contributed by atoms with van der Waals surface area (Å²) < 4.78 is 7.18. The van der Waals surface area contributed by atoms with Crippen molar-refractivity contribution in [3.63, 3.8) is 0 Å². The molecule has 0 bridgehead atoms. The lowest BCUT2D eigenvalue weighted by Crippen LogP contribution is -2.14. The predicted molar refractivity (Wildman–Crippen MR) is 238 cm³/mol. The zero-order chi connectivity index (χ0) is 37.1. The molecule has 0 radical (unpaired) electrons. The Hall–Kier alpha value is -6.96. The third kappa shape index (κ3) is 4.20. The van der Waals surface area contributed by atoms with Gasteiger partial charge in [-0.05, 0) is 99.7 Å². The van der Waals surface area contributed by atoms with Crippen LogP contribution in [0.2, 0.25) is 0 Å². The molecule has 262 valence electrons. The molecule has 12 rings (SSSR count). The largest absolute Gasteiger partial charge is 0.455 e. The molecule has 1 aliphatic rings. The average Bonchev–Trinajstić information content (AvgIpc) is 3.74. The molecule has 11 aromatic rings. The Bertz CT molecular complexity index is 3380. The lowest BCUT2D eigenvalue weighted by Gasteiger charge is -2.23. The minimum absolute atomic E-state index is 0.200. The molecule has 0 amide bonds. The maximum absolute atomic E-state index is 7.18. The van der Waals surface area contributed by atoms with E-state index in [1.165, 1.54) is 109 Å². The predicted octanol–water partition coefficient (Wildman–Crippen LogP) is 15.5. The van der Waals surface area contributed by atoms with Crippen LogP contribution in [0.15, 0.2) is 186 Å². The first-order chi connectivity index (χ1) is 27.6. The van der Waals surface area contributed by atoms with E-state index < -0.39 is 0 Å². The van der Waals surface area contributed by atoms with Gasteiger partial charge in [0.15, 0.2) is 0 Å². The fourth-order valence-electron chi connectivity index (χ4n) is 10.2. The molecule has 0 saturated carbocycles. The lowest BCUT2D eigenvalue weighted by atomic mass is 9.79. The minimum atomic E-state index is -0.200. The van der Waals surface area contributed by atoms with Gasteiger partial charge >= 0.3 is 0 Å². The minimum Gasteiger partial charge on any atom is -0.455 e. The monoisotopic (exact) mass is 712 g/mol. The van der Waals surface area contributed by atoms with Crippen molar-refractivity contribution in [1.29, 1.82) is 0 Å². The first-order valence-corrected chi connectivity index (χ1v) is 19.6. The normalized spacial score (nSPS) is 13.3. The Morgan fingerprint density at radius 2 is 0.911 bits per heavy atom. The Morgan fingerprint density at radius 1 is 0.357 bits per heavy atom. The number of benzene rings is 10. The van der Waals surface area contributed by atoms with E-state index in [0.717, 1.165) is 11.2 Å². The van der Waals surface area contributed by atoms with E-state index in [2.05, 4.69) is 196 Å². The van der Waals surface area contributed by atoms with Gasteiger partial charge in [-0.1, -0.05) is 184 Å². The van der Waals surface area contributed by atoms with Crippen molar-refractivity contribution in [1.82, 2.24) is 0 Å². The molecule has 1 heteroatoms. The molecule has 0 N–H and O–H groups in total.